The molecule has 3 N–H and O–H groups in total. The maximum atomic E-state index is 5.74. The highest BCUT2D eigenvalue weighted by Crippen LogP contribution is 2.19. The van der Waals surface area contributed by atoms with E-state index in [-0.39, 0.29) is 5.41 Å². The SMILES string of the molecule is CSc1nc(N)cc(NCC(C)(C)CN(C)C)n1. The number of aromatic nitrogens is 2. The van der Waals surface area contributed by atoms with Crippen LogP contribution in [0.15, 0.2) is 11.2 Å². The van der Waals surface area contributed by atoms with Gasteiger partial charge in [-0.05, 0) is 25.8 Å². The van der Waals surface area contributed by atoms with Crippen molar-refractivity contribution >= 4 is 23.4 Å². The second-order valence-electron chi connectivity index (χ2n) is 5.42. The Labute approximate surface area is 114 Å². The average molecular weight is 269 g/mol. The van der Waals surface area contributed by atoms with Crippen LogP contribution in [0.3, 0.4) is 0 Å². The Morgan fingerprint density at radius 2 is 2.06 bits per heavy atom. The van der Waals surface area contributed by atoms with E-state index in [0.717, 1.165) is 18.9 Å². The van der Waals surface area contributed by atoms with Crippen molar-refractivity contribution in [1.82, 2.24) is 14.9 Å². The van der Waals surface area contributed by atoms with Crippen molar-refractivity contribution in [1.29, 1.82) is 0 Å². The fraction of sp³-hybridized carbons (Fsp3) is 0.667. The van der Waals surface area contributed by atoms with E-state index in [1.54, 1.807) is 6.07 Å². The molecule has 1 heterocycles. The largest absolute Gasteiger partial charge is 0.383 e. The van der Waals surface area contributed by atoms with Crippen LogP contribution in [0.2, 0.25) is 0 Å². The van der Waals surface area contributed by atoms with Crippen LogP contribution >= 0.6 is 11.8 Å². The highest BCUT2D eigenvalue weighted by Gasteiger charge is 2.18. The molecule has 0 atom stereocenters. The number of hydrogen-bond acceptors (Lipinski definition) is 6. The molecule has 18 heavy (non-hydrogen) atoms. The molecule has 0 aliphatic rings. The summed E-state index contributed by atoms with van der Waals surface area (Å²) >= 11 is 1.49. The third-order valence-electron chi connectivity index (χ3n) is 2.40. The van der Waals surface area contributed by atoms with Crippen LogP contribution in [-0.4, -0.2) is 48.3 Å². The van der Waals surface area contributed by atoms with E-state index in [2.05, 4.69) is 48.1 Å². The number of thioether (sulfide) groups is 1. The molecule has 0 spiro atoms. The smallest absolute Gasteiger partial charge is 0.191 e. The Morgan fingerprint density at radius 1 is 1.39 bits per heavy atom. The normalized spacial score (nSPS) is 11.9. The van der Waals surface area contributed by atoms with Gasteiger partial charge in [0.05, 0.1) is 0 Å². The Balaban J connectivity index is 2.65. The lowest BCUT2D eigenvalue weighted by Gasteiger charge is -2.28. The van der Waals surface area contributed by atoms with Gasteiger partial charge in [-0.25, -0.2) is 9.97 Å². The monoisotopic (exact) mass is 269 g/mol. The Morgan fingerprint density at radius 3 is 2.61 bits per heavy atom. The predicted octanol–water partition coefficient (Wildman–Crippen LogP) is 1.78. The van der Waals surface area contributed by atoms with Crippen LogP contribution in [0, 0.1) is 5.41 Å². The molecule has 0 saturated carbocycles. The zero-order valence-corrected chi connectivity index (χ0v) is 12.6. The van der Waals surface area contributed by atoms with Crippen LogP contribution in [0.1, 0.15) is 13.8 Å². The van der Waals surface area contributed by atoms with Gasteiger partial charge in [0.2, 0.25) is 0 Å². The van der Waals surface area contributed by atoms with Gasteiger partial charge in [-0.3, -0.25) is 0 Å². The van der Waals surface area contributed by atoms with Gasteiger partial charge in [0.25, 0.3) is 0 Å². The number of rotatable bonds is 6. The quantitative estimate of drug-likeness (QED) is 0.606. The molecule has 1 aromatic rings. The molecule has 0 radical (unpaired) electrons. The summed E-state index contributed by atoms with van der Waals surface area (Å²) in [6.45, 7) is 6.30. The van der Waals surface area contributed by atoms with Crippen molar-refractivity contribution in [3.8, 4) is 0 Å². The molecule has 102 valence electrons. The minimum Gasteiger partial charge on any atom is -0.383 e. The van der Waals surface area contributed by atoms with E-state index in [9.17, 15) is 0 Å². The first kappa shape index (κ1) is 15.0. The standard InChI is InChI=1S/C12H23N5S/c1-12(2,8-17(3)4)7-14-10-6-9(13)15-11(16-10)18-5/h6H,7-8H2,1-5H3,(H3,13,14,15,16). The van der Waals surface area contributed by atoms with Gasteiger partial charge in [-0.15, -0.1) is 0 Å². The third kappa shape index (κ3) is 5.10. The fourth-order valence-corrected chi connectivity index (χ4v) is 2.25. The number of nitrogens with zero attached hydrogens (tertiary/aromatic N) is 3. The number of nitrogen functional groups attached to an aromatic ring is 1. The van der Waals surface area contributed by atoms with E-state index in [1.807, 2.05) is 6.26 Å². The number of anilines is 2. The molecule has 0 unspecified atom stereocenters. The van der Waals surface area contributed by atoms with Crippen molar-refractivity contribution in [2.45, 2.75) is 19.0 Å². The Hall–Kier alpha value is -1.01. The first-order valence-corrected chi connectivity index (χ1v) is 7.12. The molecule has 0 bridgehead atoms. The summed E-state index contributed by atoms with van der Waals surface area (Å²) in [5.74, 6) is 1.29. The van der Waals surface area contributed by atoms with Crippen molar-refractivity contribution < 1.29 is 0 Å². The lowest BCUT2D eigenvalue weighted by atomic mass is 9.93. The zero-order chi connectivity index (χ0) is 13.8. The summed E-state index contributed by atoms with van der Waals surface area (Å²) in [5.41, 5.74) is 5.91. The Kier molecular flexibility index (Phi) is 5.22. The second kappa shape index (κ2) is 6.24. The first-order valence-electron chi connectivity index (χ1n) is 5.89. The minimum atomic E-state index is 0.169. The fourth-order valence-electron chi connectivity index (χ4n) is 1.87. The van der Waals surface area contributed by atoms with Gasteiger partial charge >= 0.3 is 0 Å². The summed E-state index contributed by atoms with van der Waals surface area (Å²) in [7, 11) is 4.16. The molecule has 1 aromatic heterocycles. The van der Waals surface area contributed by atoms with Crippen molar-refractivity contribution in [3.05, 3.63) is 6.07 Å². The minimum absolute atomic E-state index is 0.169. The van der Waals surface area contributed by atoms with Gasteiger partial charge in [-0.2, -0.15) is 0 Å². The highest BCUT2D eigenvalue weighted by molar-refractivity contribution is 7.98. The summed E-state index contributed by atoms with van der Waals surface area (Å²) < 4.78 is 0. The van der Waals surface area contributed by atoms with Gasteiger partial charge in [0, 0.05) is 19.2 Å². The van der Waals surface area contributed by atoms with E-state index in [1.165, 1.54) is 11.8 Å². The highest BCUT2D eigenvalue weighted by atomic mass is 32.2. The van der Waals surface area contributed by atoms with Crippen LogP contribution < -0.4 is 11.1 Å². The van der Waals surface area contributed by atoms with Gasteiger partial charge in [0.1, 0.15) is 11.6 Å². The molecule has 1 rings (SSSR count). The number of nitrogens with one attached hydrogen (secondary N) is 1. The lowest BCUT2D eigenvalue weighted by molar-refractivity contribution is 0.254. The number of hydrogen-bond donors (Lipinski definition) is 2. The second-order valence-corrected chi connectivity index (χ2v) is 6.19. The number of nitrogens with two attached hydrogens (primary N) is 1. The van der Waals surface area contributed by atoms with Crippen molar-refractivity contribution in [3.63, 3.8) is 0 Å². The van der Waals surface area contributed by atoms with Crippen molar-refractivity contribution in [2.24, 2.45) is 5.41 Å². The summed E-state index contributed by atoms with van der Waals surface area (Å²) in [6, 6.07) is 1.77. The summed E-state index contributed by atoms with van der Waals surface area (Å²) in [4.78, 5) is 10.7. The van der Waals surface area contributed by atoms with Gasteiger partial charge < -0.3 is 16.0 Å². The van der Waals surface area contributed by atoms with E-state index in [4.69, 9.17) is 5.73 Å². The average Bonchev–Trinajstić information content (AvgIpc) is 2.24. The molecule has 6 heteroatoms. The maximum Gasteiger partial charge on any atom is 0.191 e. The third-order valence-corrected chi connectivity index (χ3v) is 2.95. The topological polar surface area (TPSA) is 67.1 Å². The molecule has 0 aromatic carbocycles. The predicted molar refractivity (Wildman–Crippen MR) is 79.1 cm³/mol. The van der Waals surface area contributed by atoms with Crippen molar-refractivity contribution in [2.75, 3.05) is 44.5 Å². The van der Waals surface area contributed by atoms with Crippen LogP contribution in [-0.2, 0) is 0 Å². The van der Waals surface area contributed by atoms with E-state index < -0.39 is 0 Å². The van der Waals surface area contributed by atoms with Gasteiger partial charge in [-0.1, -0.05) is 25.6 Å². The zero-order valence-electron chi connectivity index (χ0n) is 11.8. The molecular formula is C12H23N5S. The molecule has 5 nitrogen and oxygen atoms in total. The molecular weight excluding hydrogens is 246 g/mol. The molecule has 0 saturated heterocycles. The Bertz CT molecular complexity index is 392. The van der Waals surface area contributed by atoms with Crippen LogP contribution in [0.4, 0.5) is 11.6 Å². The maximum absolute atomic E-state index is 5.74. The lowest BCUT2D eigenvalue weighted by Crippen LogP contribution is -2.34. The summed E-state index contributed by atoms with van der Waals surface area (Å²) in [6.07, 6.45) is 1.94. The molecule has 0 amide bonds. The van der Waals surface area contributed by atoms with Crippen LogP contribution in [0.5, 0.6) is 0 Å². The summed E-state index contributed by atoms with van der Waals surface area (Å²) in [5, 5.41) is 4.03. The van der Waals surface area contributed by atoms with E-state index in [0.29, 0.717) is 11.0 Å². The van der Waals surface area contributed by atoms with Gasteiger partial charge in [0.15, 0.2) is 5.16 Å². The van der Waals surface area contributed by atoms with E-state index >= 15 is 0 Å². The van der Waals surface area contributed by atoms with Crippen LogP contribution in [0.25, 0.3) is 0 Å². The molecule has 0 aliphatic heterocycles. The first-order chi connectivity index (χ1) is 8.32. The molecule has 0 aliphatic carbocycles. The molecule has 0 fully saturated rings.